The second kappa shape index (κ2) is 8.02. The fourth-order valence-electron chi connectivity index (χ4n) is 3.16. The van der Waals surface area contributed by atoms with Crippen molar-refractivity contribution in [2.75, 3.05) is 30.0 Å². The number of thioether (sulfide) groups is 1. The van der Waals surface area contributed by atoms with Gasteiger partial charge < -0.3 is 15.3 Å². The number of nitrogens with zero attached hydrogens (tertiary/aromatic N) is 3. The highest BCUT2D eigenvalue weighted by Gasteiger charge is 2.43. The SMILES string of the molecule is CSCC(=O)N[C@H]1CN(c2cncc(C(=O)O)n2)C[C@@H]1C1CC1.Cl. The summed E-state index contributed by atoms with van der Waals surface area (Å²) in [6, 6.07) is 0.0948. The molecule has 132 valence electrons. The minimum absolute atomic E-state index is 0. The molecular formula is C15H21ClN4O3S. The van der Waals surface area contributed by atoms with E-state index in [1.54, 1.807) is 6.20 Å². The van der Waals surface area contributed by atoms with Crippen LogP contribution in [0.15, 0.2) is 12.4 Å². The fraction of sp³-hybridized carbons (Fsp3) is 0.600. The van der Waals surface area contributed by atoms with E-state index in [-0.39, 0.29) is 30.0 Å². The van der Waals surface area contributed by atoms with Crippen LogP contribution in [0.1, 0.15) is 23.3 Å². The lowest BCUT2D eigenvalue weighted by molar-refractivity contribution is -0.119. The van der Waals surface area contributed by atoms with E-state index in [2.05, 4.69) is 15.3 Å². The second-order valence-corrected chi connectivity index (χ2v) is 6.95. The molecule has 1 aromatic rings. The molecule has 0 spiro atoms. The van der Waals surface area contributed by atoms with Crippen molar-refractivity contribution in [1.29, 1.82) is 0 Å². The lowest BCUT2D eigenvalue weighted by atomic mass is 9.98. The molecule has 1 aliphatic carbocycles. The molecule has 1 amide bonds. The van der Waals surface area contributed by atoms with E-state index in [1.807, 2.05) is 11.2 Å². The van der Waals surface area contributed by atoms with Gasteiger partial charge in [-0.15, -0.1) is 12.4 Å². The Bertz CT molecular complexity index is 614. The standard InChI is InChI=1S/C15H20N4O3S.ClH/c1-23-8-14(20)18-12-7-19(6-10(12)9-2-3-9)13-5-16-4-11(17-13)15(21)22;/h4-5,9-10,12H,2-3,6-8H2,1H3,(H,18,20)(H,21,22);1H/t10-,12+;/m1./s1. The summed E-state index contributed by atoms with van der Waals surface area (Å²) in [6.45, 7) is 1.44. The molecule has 2 fully saturated rings. The highest BCUT2D eigenvalue weighted by atomic mass is 35.5. The molecule has 9 heteroatoms. The quantitative estimate of drug-likeness (QED) is 0.776. The third-order valence-electron chi connectivity index (χ3n) is 4.38. The third kappa shape index (κ3) is 4.30. The number of nitrogens with one attached hydrogen (secondary N) is 1. The molecule has 0 bridgehead atoms. The Balaban J connectivity index is 0.00000208. The first-order valence-electron chi connectivity index (χ1n) is 7.67. The zero-order chi connectivity index (χ0) is 16.4. The first-order valence-corrected chi connectivity index (χ1v) is 9.06. The number of hydrogen-bond acceptors (Lipinski definition) is 6. The molecule has 0 aromatic carbocycles. The predicted molar refractivity (Wildman–Crippen MR) is 95.0 cm³/mol. The Kier molecular flexibility index (Phi) is 6.28. The zero-order valence-electron chi connectivity index (χ0n) is 13.3. The summed E-state index contributed by atoms with van der Waals surface area (Å²) in [4.78, 5) is 33.1. The van der Waals surface area contributed by atoms with Crippen LogP contribution < -0.4 is 10.2 Å². The largest absolute Gasteiger partial charge is 0.476 e. The molecule has 2 atom stereocenters. The van der Waals surface area contributed by atoms with Crippen LogP contribution in [0.4, 0.5) is 5.82 Å². The van der Waals surface area contributed by atoms with Gasteiger partial charge in [-0.3, -0.25) is 9.78 Å². The van der Waals surface area contributed by atoms with Gasteiger partial charge in [0.2, 0.25) is 5.91 Å². The minimum atomic E-state index is -1.08. The van der Waals surface area contributed by atoms with E-state index in [4.69, 9.17) is 5.11 Å². The summed E-state index contributed by atoms with van der Waals surface area (Å²) >= 11 is 1.51. The van der Waals surface area contributed by atoms with Crippen molar-refractivity contribution in [3.05, 3.63) is 18.1 Å². The summed E-state index contributed by atoms with van der Waals surface area (Å²) in [5.74, 6) is 1.05. The number of amides is 1. The molecular weight excluding hydrogens is 352 g/mol. The lowest BCUT2D eigenvalue weighted by Gasteiger charge is -2.18. The van der Waals surface area contributed by atoms with Crippen LogP contribution in [0.25, 0.3) is 0 Å². The average molecular weight is 373 g/mol. The molecule has 24 heavy (non-hydrogen) atoms. The lowest BCUT2D eigenvalue weighted by Crippen LogP contribution is -2.42. The van der Waals surface area contributed by atoms with Crippen molar-refractivity contribution in [2.24, 2.45) is 11.8 Å². The number of halogens is 1. The van der Waals surface area contributed by atoms with Gasteiger partial charge in [-0.05, 0) is 25.0 Å². The van der Waals surface area contributed by atoms with Crippen molar-refractivity contribution in [3.8, 4) is 0 Å². The molecule has 3 rings (SSSR count). The highest BCUT2D eigenvalue weighted by Crippen LogP contribution is 2.42. The maximum Gasteiger partial charge on any atom is 0.356 e. The number of hydrogen-bond donors (Lipinski definition) is 2. The fourth-order valence-corrected chi connectivity index (χ4v) is 3.51. The van der Waals surface area contributed by atoms with Gasteiger partial charge >= 0.3 is 5.97 Å². The van der Waals surface area contributed by atoms with Gasteiger partial charge in [-0.2, -0.15) is 11.8 Å². The molecule has 7 nitrogen and oxygen atoms in total. The monoisotopic (exact) mass is 372 g/mol. The molecule has 2 aliphatic rings. The normalized spacial score (nSPS) is 22.8. The van der Waals surface area contributed by atoms with Gasteiger partial charge in [-0.25, -0.2) is 9.78 Å². The van der Waals surface area contributed by atoms with E-state index < -0.39 is 5.97 Å². The summed E-state index contributed by atoms with van der Waals surface area (Å²) in [6.07, 6.45) is 7.15. The number of aromatic nitrogens is 2. The molecule has 1 aromatic heterocycles. The maximum atomic E-state index is 11.9. The minimum Gasteiger partial charge on any atom is -0.476 e. The Morgan fingerprint density at radius 3 is 2.75 bits per heavy atom. The Morgan fingerprint density at radius 1 is 1.38 bits per heavy atom. The van der Waals surface area contributed by atoms with E-state index in [0.29, 0.717) is 30.0 Å². The topological polar surface area (TPSA) is 95.4 Å². The van der Waals surface area contributed by atoms with Crippen molar-refractivity contribution in [1.82, 2.24) is 15.3 Å². The van der Waals surface area contributed by atoms with Crippen molar-refractivity contribution < 1.29 is 14.7 Å². The molecule has 0 radical (unpaired) electrons. The maximum absolute atomic E-state index is 11.9. The van der Waals surface area contributed by atoms with Gasteiger partial charge in [0.15, 0.2) is 5.69 Å². The van der Waals surface area contributed by atoms with Crippen LogP contribution in [0, 0.1) is 11.8 Å². The average Bonchev–Trinajstić information content (AvgIpc) is 3.29. The van der Waals surface area contributed by atoms with E-state index in [0.717, 1.165) is 6.54 Å². The van der Waals surface area contributed by atoms with Crippen LogP contribution in [-0.4, -0.2) is 58.1 Å². The third-order valence-corrected chi connectivity index (χ3v) is 4.93. The Hall–Kier alpha value is -1.54. The summed E-state index contributed by atoms with van der Waals surface area (Å²) in [5.41, 5.74) is -0.0552. The van der Waals surface area contributed by atoms with Crippen LogP contribution in [-0.2, 0) is 4.79 Å². The van der Waals surface area contributed by atoms with E-state index in [9.17, 15) is 9.59 Å². The van der Waals surface area contributed by atoms with Gasteiger partial charge in [0, 0.05) is 19.0 Å². The molecule has 2 heterocycles. The smallest absolute Gasteiger partial charge is 0.356 e. The van der Waals surface area contributed by atoms with Crippen LogP contribution in [0.2, 0.25) is 0 Å². The molecule has 0 unspecified atom stereocenters. The number of anilines is 1. The summed E-state index contributed by atoms with van der Waals surface area (Å²) in [7, 11) is 0. The predicted octanol–water partition coefficient (Wildman–Crippen LogP) is 1.29. The number of carbonyl (C=O) groups excluding carboxylic acids is 1. The molecule has 1 saturated heterocycles. The van der Waals surface area contributed by atoms with Crippen LogP contribution in [0.3, 0.4) is 0 Å². The van der Waals surface area contributed by atoms with Crippen LogP contribution >= 0.6 is 24.2 Å². The zero-order valence-corrected chi connectivity index (χ0v) is 15.0. The number of rotatable bonds is 6. The first-order chi connectivity index (χ1) is 11.1. The number of carbonyl (C=O) groups is 2. The van der Waals surface area contributed by atoms with Crippen molar-refractivity contribution >= 4 is 41.9 Å². The molecule has 2 N–H and O–H groups in total. The van der Waals surface area contributed by atoms with Crippen molar-refractivity contribution in [3.63, 3.8) is 0 Å². The molecule has 1 saturated carbocycles. The van der Waals surface area contributed by atoms with Crippen molar-refractivity contribution in [2.45, 2.75) is 18.9 Å². The van der Waals surface area contributed by atoms with E-state index >= 15 is 0 Å². The first kappa shape index (κ1) is 18.8. The van der Waals surface area contributed by atoms with Gasteiger partial charge in [-0.1, -0.05) is 0 Å². The Morgan fingerprint density at radius 2 is 2.12 bits per heavy atom. The highest BCUT2D eigenvalue weighted by molar-refractivity contribution is 7.99. The van der Waals surface area contributed by atoms with Gasteiger partial charge in [0.05, 0.1) is 24.2 Å². The number of carboxylic acid groups (broad SMARTS) is 1. The van der Waals surface area contributed by atoms with Crippen LogP contribution in [0.5, 0.6) is 0 Å². The number of aromatic carboxylic acids is 1. The molecule has 1 aliphatic heterocycles. The summed E-state index contributed by atoms with van der Waals surface area (Å²) in [5, 5.41) is 12.2. The van der Waals surface area contributed by atoms with Gasteiger partial charge in [0.25, 0.3) is 0 Å². The number of carboxylic acids is 1. The second-order valence-electron chi connectivity index (χ2n) is 6.08. The summed E-state index contributed by atoms with van der Waals surface area (Å²) < 4.78 is 0. The van der Waals surface area contributed by atoms with Gasteiger partial charge in [0.1, 0.15) is 5.82 Å². The van der Waals surface area contributed by atoms with E-state index in [1.165, 1.54) is 30.8 Å². The Labute approximate surface area is 151 Å².